The van der Waals surface area contributed by atoms with Gasteiger partial charge in [0.05, 0.1) is 24.2 Å². The molecule has 0 aliphatic carbocycles. The standard InChI is InChI=1S/C9H14N4/c10-4-5-13-8(6-11)2-1-3-9(13)7-12/h8-9H,1-5,10H2/t8-,9+. The summed E-state index contributed by atoms with van der Waals surface area (Å²) in [6, 6.07) is 4.23. The van der Waals surface area contributed by atoms with Crippen molar-refractivity contribution in [2.24, 2.45) is 5.73 Å². The Bertz CT molecular complexity index is 215. The third kappa shape index (κ3) is 2.18. The van der Waals surface area contributed by atoms with Gasteiger partial charge >= 0.3 is 0 Å². The number of nitrogens with zero attached hydrogens (tertiary/aromatic N) is 3. The molecule has 1 rings (SSSR count). The summed E-state index contributed by atoms with van der Waals surface area (Å²) in [6.07, 6.45) is 2.71. The van der Waals surface area contributed by atoms with Gasteiger partial charge in [-0.05, 0) is 19.3 Å². The third-order valence-corrected chi connectivity index (χ3v) is 2.44. The molecular weight excluding hydrogens is 164 g/mol. The van der Waals surface area contributed by atoms with Gasteiger partial charge in [-0.3, -0.25) is 4.90 Å². The minimum Gasteiger partial charge on any atom is -0.329 e. The van der Waals surface area contributed by atoms with E-state index in [0.29, 0.717) is 13.1 Å². The minimum atomic E-state index is -0.109. The molecule has 1 heterocycles. The number of hydrogen-bond donors (Lipinski definition) is 1. The molecule has 0 aromatic heterocycles. The Balaban J connectivity index is 2.66. The number of rotatable bonds is 2. The van der Waals surface area contributed by atoms with Crippen LogP contribution >= 0.6 is 0 Å². The highest BCUT2D eigenvalue weighted by Gasteiger charge is 2.29. The topological polar surface area (TPSA) is 76.8 Å². The molecule has 0 amide bonds. The molecule has 1 aliphatic heterocycles. The van der Waals surface area contributed by atoms with Crippen molar-refractivity contribution in [2.45, 2.75) is 31.3 Å². The molecule has 4 heteroatoms. The predicted octanol–water partition coefficient (Wildman–Crippen LogP) is 0.215. The maximum absolute atomic E-state index is 8.86. The zero-order valence-corrected chi connectivity index (χ0v) is 7.61. The number of nitrogens with two attached hydrogens (primary N) is 1. The van der Waals surface area contributed by atoms with Gasteiger partial charge in [-0.25, -0.2) is 0 Å². The van der Waals surface area contributed by atoms with Crippen LogP contribution in [-0.4, -0.2) is 30.1 Å². The quantitative estimate of drug-likeness (QED) is 0.656. The summed E-state index contributed by atoms with van der Waals surface area (Å²) in [6.45, 7) is 1.16. The van der Waals surface area contributed by atoms with Gasteiger partial charge < -0.3 is 5.73 Å². The van der Waals surface area contributed by atoms with Crippen LogP contribution in [0.15, 0.2) is 0 Å². The molecule has 1 aliphatic rings. The normalized spacial score (nSPS) is 29.2. The van der Waals surface area contributed by atoms with Crippen molar-refractivity contribution in [3.05, 3.63) is 0 Å². The van der Waals surface area contributed by atoms with E-state index in [0.717, 1.165) is 19.3 Å². The molecule has 2 N–H and O–H groups in total. The Kier molecular flexibility index (Phi) is 3.70. The van der Waals surface area contributed by atoms with Gasteiger partial charge in [-0.2, -0.15) is 10.5 Å². The summed E-state index contributed by atoms with van der Waals surface area (Å²) in [5.41, 5.74) is 5.43. The van der Waals surface area contributed by atoms with E-state index in [1.54, 1.807) is 0 Å². The molecular formula is C9H14N4. The maximum Gasteiger partial charge on any atom is 0.0988 e. The highest BCUT2D eigenvalue weighted by atomic mass is 15.2. The third-order valence-electron chi connectivity index (χ3n) is 2.44. The molecule has 70 valence electrons. The highest BCUT2D eigenvalue weighted by molar-refractivity contribution is 5.04. The fraction of sp³-hybridized carbons (Fsp3) is 0.778. The van der Waals surface area contributed by atoms with Crippen molar-refractivity contribution in [1.82, 2.24) is 4.90 Å². The lowest BCUT2D eigenvalue weighted by Gasteiger charge is -2.34. The monoisotopic (exact) mass is 178 g/mol. The van der Waals surface area contributed by atoms with Crippen molar-refractivity contribution >= 4 is 0 Å². The molecule has 1 fully saturated rings. The number of piperidine rings is 1. The van der Waals surface area contributed by atoms with E-state index in [9.17, 15) is 0 Å². The molecule has 0 saturated carbocycles. The Labute approximate surface area is 78.5 Å². The van der Waals surface area contributed by atoms with Gasteiger partial charge in [0, 0.05) is 13.1 Å². The van der Waals surface area contributed by atoms with Crippen LogP contribution in [0, 0.1) is 22.7 Å². The largest absolute Gasteiger partial charge is 0.329 e. The average molecular weight is 178 g/mol. The van der Waals surface area contributed by atoms with Crippen LogP contribution in [0.5, 0.6) is 0 Å². The lowest BCUT2D eigenvalue weighted by Crippen LogP contribution is -2.47. The minimum absolute atomic E-state index is 0.109. The van der Waals surface area contributed by atoms with Gasteiger partial charge in [0.1, 0.15) is 0 Å². The fourth-order valence-electron chi connectivity index (χ4n) is 1.79. The number of likely N-dealkylation sites (tertiary alicyclic amines) is 1. The molecule has 0 unspecified atom stereocenters. The van der Waals surface area contributed by atoms with Gasteiger partial charge in [0.15, 0.2) is 0 Å². The molecule has 0 radical (unpaired) electrons. The van der Waals surface area contributed by atoms with E-state index < -0.39 is 0 Å². The summed E-state index contributed by atoms with van der Waals surface area (Å²) in [5, 5.41) is 17.7. The van der Waals surface area contributed by atoms with E-state index in [1.807, 2.05) is 4.90 Å². The van der Waals surface area contributed by atoms with E-state index in [-0.39, 0.29) is 12.1 Å². The second kappa shape index (κ2) is 4.81. The lowest BCUT2D eigenvalue weighted by molar-refractivity contribution is 0.149. The van der Waals surface area contributed by atoms with Crippen molar-refractivity contribution in [3.63, 3.8) is 0 Å². The van der Waals surface area contributed by atoms with Gasteiger partial charge in [-0.15, -0.1) is 0 Å². The Morgan fingerprint density at radius 2 is 1.77 bits per heavy atom. The van der Waals surface area contributed by atoms with Crippen LogP contribution in [0.3, 0.4) is 0 Å². The molecule has 1 saturated heterocycles. The SMILES string of the molecule is N#C[C@@H]1CCC[C@H](C#N)N1CCN. The molecule has 0 bridgehead atoms. The van der Waals surface area contributed by atoms with Gasteiger partial charge in [0.25, 0.3) is 0 Å². The molecule has 2 atom stereocenters. The van der Waals surface area contributed by atoms with Crippen LogP contribution in [0.1, 0.15) is 19.3 Å². The first-order valence-corrected chi connectivity index (χ1v) is 4.58. The van der Waals surface area contributed by atoms with E-state index in [1.165, 1.54) is 0 Å². The lowest BCUT2D eigenvalue weighted by atomic mass is 9.97. The first-order valence-electron chi connectivity index (χ1n) is 4.58. The van der Waals surface area contributed by atoms with Crippen LogP contribution in [0.25, 0.3) is 0 Å². The molecule has 0 spiro atoms. The first-order chi connectivity index (χ1) is 6.33. The van der Waals surface area contributed by atoms with Crippen LogP contribution in [-0.2, 0) is 0 Å². The Morgan fingerprint density at radius 1 is 1.23 bits per heavy atom. The van der Waals surface area contributed by atoms with E-state index in [2.05, 4.69) is 12.1 Å². The predicted molar refractivity (Wildman–Crippen MR) is 48.4 cm³/mol. The summed E-state index contributed by atoms with van der Waals surface area (Å²) in [7, 11) is 0. The molecule has 4 nitrogen and oxygen atoms in total. The number of hydrogen-bond acceptors (Lipinski definition) is 4. The second-order valence-corrected chi connectivity index (χ2v) is 3.25. The smallest absolute Gasteiger partial charge is 0.0988 e. The fourth-order valence-corrected chi connectivity index (χ4v) is 1.79. The van der Waals surface area contributed by atoms with Crippen molar-refractivity contribution in [1.29, 1.82) is 10.5 Å². The van der Waals surface area contributed by atoms with Gasteiger partial charge in [-0.1, -0.05) is 0 Å². The summed E-state index contributed by atoms with van der Waals surface area (Å²) < 4.78 is 0. The second-order valence-electron chi connectivity index (χ2n) is 3.25. The first kappa shape index (κ1) is 9.98. The van der Waals surface area contributed by atoms with Crippen molar-refractivity contribution < 1.29 is 0 Å². The molecule has 0 aromatic carbocycles. The molecule has 13 heavy (non-hydrogen) atoms. The van der Waals surface area contributed by atoms with Crippen molar-refractivity contribution in [2.75, 3.05) is 13.1 Å². The van der Waals surface area contributed by atoms with Crippen LogP contribution in [0.4, 0.5) is 0 Å². The van der Waals surface area contributed by atoms with Gasteiger partial charge in [0.2, 0.25) is 0 Å². The zero-order valence-electron chi connectivity index (χ0n) is 7.61. The number of nitriles is 2. The Hall–Kier alpha value is -1.10. The van der Waals surface area contributed by atoms with Crippen molar-refractivity contribution in [3.8, 4) is 12.1 Å². The van der Waals surface area contributed by atoms with Crippen LogP contribution in [0.2, 0.25) is 0 Å². The highest BCUT2D eigenvalue weighted by Crippen LogP contribution is 2.21. The van der Waals surface area contributed by atoms with Crippen LogP contribution < -0.4 is 5.73 Å². The summed E-state index contributed by atoms with van der Waals surface area (Å²) >= 11 is 0. The van der Waals surface area contributed by atoms with E-state index >= 15 is 0 Å². The molecule has 0 aromatic rings. The maximum atomic E-state index is 8.86. The van der Waals surface area contributed by atoms with E-state index in [4.69, 9.17) is 16.3 Å². The summed E-state index contributed by atoms with van der Waals surface area (Å²) in [4.78, 5) is 1.92. The Morgan fingerprint density at radius 3 is 2.15 bits per heavy atom. The average Bonchev–Trinajstić information content (AvgIpc) is 2.18. The zero-order chi connectivity index (χ0) is 9.68. The summed E-state index contributed by atoms with van der Waals surface area (Å²) in [5.74, 6) is 0.